The van der Waals surface area contributed by atoms with Crippen molar-refractivity contribution in [1.82, 2.24) is 25.1 Å². The Labute approximate surface area is 237 Å². The first-order valence-corrected chi connectivity index (χ1v) is 13.1. The second-order valence-electron chi connectivity index (χ2n) is 9.26. The molecule has 3 aliphatic rings. The summed E-state index contributed by atoms with van der Waals surface area (Å²) >= 11 is 3.15. The van der Waals surface area contributed by atoms with Crippen molar-refractivity contribution in [2.45, 2.75) is 31.7 Å². The number of hydrogen-bond acceptors (Lipinski definition) is 9. The smallest absolute Gasteiger partial charge is 0.256 e. The average Bonchev–Trinajstić information content (AvgIpc) is 3.44. The standard InChI is InChI=1S/C20H28BrN7O.C4H9N.H2N.W/c1-26-10-12-28(13-11-26)16-6-8-27(9-7-16)15-4-2-14(3-5-15)23-19-20(29)24-17(21)18(22)25-19;1-2-4-5-3-1;;/h2-5,16H,6-13H2,1H3,(H,24,29)(H3,22,23,25);5H,1-4H2;1H2;/q;;-1;. The molecule has 3 saturated heterocycles. The molecule has 0 unspecified atom stereocenters. The number of aromatic hydroxyl groups is 1. The molecule has 0 aliphatic carbocycles. The quantitative estimate of drug-likeness (QED) is 0.372. The molecular weight excluding hydrogens is 694 g/mol. The molecule has 1 aromatic heterocycles. The number of rotatable bonds is 4. The number of nitrogens with one attached hydrogen (secondary N) is 2. The number of hydrogen-bond donors (Lipinski definition) is 4. The zero-order chi connectivity index (χ0) is 23.9. The summed E-state index contributed by atoms with van der Waals surface area (Å²) in [6.45, 7) is 9.41. The summed E-state index contributed by atoms with van der Waals surface area (Å²) < 4.78 is 0.330. The van der Waals surface area contributed by atoms with E-state index in [1.165, 1.54) is 70.6 Å². The molecule has 7 N–H and O–H groups in total. The fourth-order valence-electron chi connectivity index (χ4n) is 4.70. The van der Waals surface area contributed by atoms with Gasteiger partial charge in [-0.15, -0.1) is 0 Å². The SMILES string of the molecule is C1CCNC1.CN1CCN(C2CCN(c3ccc(Nc4nc(N)c(Br)nc4O)cc3)CC2)CC1.[NH2-].[W]. The first-order valence-electron chi connectivity index (χ1n) is 12.3. The molecule has 0 spiro atoms. The van der Waals surface area contributed by atoms with E-state index < -0.39 is 0 Å². The van der Waals surface area contributed by atoms with Gasteiger partial charge in [0.05, 0.1) is 0 Å². The number of nitrogen functional groups attached to an aromatic ring is 1. The molecular formula is C24H39BrN9OW-. The van der Waals surface area contributed by atoms with E-state index in [4.69, 9.17) is 5.73 Å². The Balaban J connectivity index is 0.000000584. The van der Waals surface area contributed by atoms with Crippen molar-refractivity contribution in [3.63, 3.8) is 0 Å². The van der Waals surface area contributed by atoms with Gasteiger partial charge in [0, 0.05) is 77.8 Å². The summed E-state index contributed by atoms with van der Waals surface area (Å²) in [7, 11) is 2.21. The fraction of sp³-hybridized carbons (Fsp3) is 0.583. The molecule has 12 heteroatoms. The Bertz CT molecular complexity index is 909. The number of aromatic nitrogens is 2. The molecule has 36 heavy (non-hydrogen) atoms. The molecule has 1 aromatic carbocycles. The van der Waals surface area contributed by atoms with E-state index in [0.717, 1.165) is 18.8 Å². The van der Waals surface area contributed by atoms with Gasteiger partial charge in [-0.1, -0.05) is 0 Å². The van der Waals surface area contributed by atoms with Crippen LogP contribution in [0.2, 0.25) is 0 Å². The number of likely N-dealkylation sites (N-methyl/N-ethyl adjacent to an activating group) is 1. The molecule has 200 valence electrons. The van der Waals surface area contributed by atoms with Gasteiger partial charge < -0.3 is 37.4 Å². The molecule has 0 radical (unpaired) electrons. The predicted molar refractivity (Wildman–Crippen MR) is 147 cm³/mol. The Morgan fingerprint density at radius 1 is 1.00 bits per heavy atom. The third-order valence-electron chi connectivity index (χ3n) is 6.83. The molecule has 3 aliphatic heterocycles. The van der Waals surface area contributed by atoms with Crippen LogP contribution in [0.25, 0.3) is 6.15 Å². The Hall–Kier alpha value is -1.49. The summed E-state index contributed by atoms with van der Waals surface area (Å²) in [5.74, 6) is 0.276. The van der Waals surface area contributed by atoms with E-state index in [1.54, 1.807) is 0 Å². The summed E-state index contributed by atoms with van der Waals surface area (Å²) in [5.41, 5.74) is 7.80. The van der Waals surface area contributed by atoms with Gasteiger partial charge in [-0.25, -0.2) is 4.98 Å². The van der Waals surface area contributed by atoms with Crippen LogP contribution in [0.1, 0.15) is 25.7 Å². The van der Waals surface area contributed by atoms with Crippen LogP contribution in [0, 0.1) is 0 Å². The largest absolute Gasteiger partial charge is 0.693 e. The van der Waals surface area contributed by atoms with Crippen LogP contribution >= 0.6 is 15.9 Å². The number of piperidine rings is 1. The molecule has 3 fully saturated rings. The van der Waals surface area contributed by atoms with E-state index in [0.29, 0.717) is 10.6 Å². The zero-order valence-corrected chi connectivity index (χ0v) is 25.5. The topological polar surface area (TPSA) is 139 Å². The van der Waals surface area contributed by atoms with Crippen molar-refractivity contribution in [2.24, 2.45) is 0 Å². The summed E-state index contributed by atoms with van der Waals surface area (Å²) in [4.78, 5) is 15.6. The van der Waals surface area contributed by atoms with Crippen LogP contribution in [0.3, 0.4) is 0 Å². The maximum absolute atomic E-state index is 9.95. The minimum atomic E-state index is -0.193. The molecule has 0 bridgehead atoms. The average molecular weight is 733 g/mol. The van der Waals surface area contributed by atoms with Crippen molar-refractivity contribution in [1.29, 1.82) is 0 Å². The van der Waals surface area contributed by atoms with Crippen molar-refractivity contribution in [3.05, 3.63) is 35.0 Å². The fourth-order valence-corrected chi connectivity index (χ4v) is 4.95. The number of anilines is 4. The van der Waals surface area contributed by atoms with Crippen molar-refractivity contribution in [2.75, 3.05) is 75.4 Å². The summed E-state index contributed by atoms with van der Waals surface area (Å²) in [5, 5.41) is 16.2. The van der Waals surface area contributed by atoms with Crippen LogP contribution in [0.15, 0.2) is 28.9 Å². The van der Waals surface area contributed by atoms with Crippen LogP contribution in [-0.2, 0) is 21.1 Å². The number of benzene rings is 1. The van der Waals surface area contributed by atoms with Crippen molar-refractivity contribution >= 4 is 38.9 Å². The van der Waals surface area contributed by atoms with E-state index in [-0.39, 0.29) is 44.7 Å². The van der Waals surface area contributed by atoms with Crippen LogP contribution in [0.4, 0.5) is 23.0 Å². The van der Waals surface area contributed by atoms with Crippen LogP contribution < -0.4 is 21.3 Å². The van der Waals surface area contributed by atoms with Gasteiger partial charge >= 0.3 is 0 Å². The second kappa shape index (κ2) is 15.0. The van der Waals surface area contributed by atoms with Crippen molar-refractivity contribution < 1.29 is 26.2 Å². The third kappa shape index (κ3) is 8.53. The Morgan fingerprint density at radius 2 is 1.61 bits per heavy atom. The molecule has 2 aromatic rings. The molecule has 4 heterocycles. The maximum atomic E-state index is 9.95. The molecule has 0 atom stereocenters. The van der Waals surface area contributed by atoms with E-state index >= 15 is 0 Å². The summed E-state index contributed by atoms with van der Waals surface area (Å²) in [6.07, 6.45) is 5.21. The minimum absolute atomic E-state index is 0. The molecule has 5 rings (SSSR count). The Kier molecular flexibility index (Phi) is 12.8. The minimum Gasteiger partial charge on any atom is -0.693 e. The number of nitrogens with zero attached hydrogens (tertiary/aromatic N) is 5. The Morgan fingerprint density at radius 3 is 2.17 bits per heavy atom. The van der Waals surface area contributed by atoms with Gasteiger partial charge in [0.15, 0.2) is 16.2 Å². The summed E-state index contributed by atoms with van der Waals surface area (Å²) in [6, 6.07) is 8.89. The number of halogens is 1. The second-order valence-corrected chi connectivity index (χ2v) is 10.0. The van der Waals surface area contributed by atoms with Gasteiger partial charge in [-0.3, -0.25) is 4.90 Å². The number of nitrogens with two attached hydrogens (primary N) is 2. The van der Waals surface area contributed by atoms with Gasteiger partial charge in [0.1, 0.15) is 0 Å². The van der Waals surface area contributed by atoms with E-state index in [1.807, 2.05) is 12.1 Å². The molecule has 0 amide bonds. The van der Waals surface area contributed by atoms with Crippen molar-refractivity contribution in [3.8, 4) is 5.88 Å². The monoisotopic (exact) mass is 732 g/mol. The van der Waals surface area contributed by atoms with Gasteiger partial charge in [-0.2, -0.15) is 4.98 Å². The first-order chi connectivity index (χ1) is 16.5. The van der Waals surface area contributed by atoms with E-state index in [9.17, 15) is 5.11 Å². The maximum Gasteiger partial charge on any atom is 0.256 e. The first kappa shape index (κ1) is 30.7. The van der Waals surface area contributed by atoms with Gasteiger partial charge in [0.2, 0.25) is 0 Å². The normalized spacial score (nSPS) is 19.0. The molecule has 10 nitrogen and oxygen atoms in total. The zero-order valence-electron chi connectivity index (χ0n) is 21.0. The van der Waals surface area contributed by atoms with Crippen LogP contribution in [-0.4, -0.2) is 90.3 Å². The predicted octanol–water partition coefficient (Wildman–Crippen LogP) is 3.57. The van der Waals surface area contributed by atoms with Gasteiger partial charge in [0.25, 0.3) is 5.88 Å². The number of piperazine rings is 1. The van der Waals surface area contributed by atoms with Gasteiger partial charge in [-0.05, 0) is 86.0 Å². The molecule has 0 saturated carbocycles. The van der Waals surface area contributed by atoms with E-state index in [2.05, 4.69) is 70.4 Å². The van der Waals surface area contributed by atoms with Crippen LogP contribution in [0.5, 0.6) is 5.88 Å². The third-order valence-corrected chi connectivity index (χ3v) is 7.41.